The molecule has 0 spiro atoms. The summed E-state index contributed by atoms with van der Waals surface area (Å²) in [6.07, 6.45) is 1.67. The summed E-state index contributed by atoms with van der Waals surface area (Å²) in [7, 11) is 0. The first-order valence-electron chi connectivity index (χ1n) is 4.03. The van der Waals surface area contributed by atoms with E-state index in [1.54, 1.807) is 12.3 Å². The van der Waals surface area contributed by atoms with Crippen LogP contribution in [0.3, 0.4) is 0 Å². The maximum atomic E-state index is 5.56. The predicted molar refractivity (Wildman–Crippen MR) is 51.2 cm³/mol. The zero-order chi connectivity index (χ0) is 9.42. The fourth-order valence-electron chi connectivity index (χ4n) is 1.35. The zero-order valence-corrected chi connectivity index (χ0v) is 7.57. The largest absolute Gasteiger partial charge is 0.384 e. The van der Waals surface area contributed by atoms with Gasteiger partial charge in [0.15, 0.2) is 0 Å². The summed E-state index contributed by atoms with van der Waals surface area (Å²) >= 11 is 0. The van der Waals surface area contributed by atoms with Crippen LogP contribution < -0.4 is 5.73 Å². The zero-order valence-electron chi connectivity index (χ0n) is 7.57. The molecule has 0 aliphatic rings. The number of aromatic nitrogens is 3. The summed E-state index contributed by atoms with van der Waals surface area (Å²) in [5.41, 5.74) is 7.35. The van der Waals surface area contributed by atoms with Crippen molar-refractivity contribution in [2.45, 2.75) is 13.8 Å². The quantitative estimate of drug-likeness (QED) is 0.652. The number of fused-ring (bicyclic) bond motifs is 1. The van der Waals surface area contributed by atoms with Gasteiger partial charge in [0, 0.05) is 11.1 Å². The van der Waals surface area contributed by atoms with Crippen LogP contribution in [0.1, 0.15) is 11.5 Å². The predicted octanol–water partition coefficient (Wildman–Crippen LogP) is 1.22. The highest BCUT2D eigenvalue weighted by Crippen LogP contribution is 2.15. The number of anilines is 1. The fraction of sp³-hybridized carbons (Fsp3) is 0.222. The van der Waals surface area contributed by atoms with Crippen LogP contribution >= 0.6 is 0 Å². The van der Waals surface area contributed by atoms with E-state index in [1.807, 2.05) is 13.8 Å². The van der Waals surface area contributed by atoms with E-state index in [0.29, 0.717) is 5.82 Å². The fourth-order valence-corrected chi connectivity index (χ4v) is 1.35. The van der Waals surface area contributed by atoms with E-state index < -0.39 is 0 Å². The highest BCUT2D eigenvalue weighted by molar-refractivity contribution is 5.81. The van der Waals surface area contributed by atoms with E-state index in [-0.39, 0.29) is 0 Å². The van der Waals surface area contributed by atoms with Crippen molar-refractivity contribution in [2.75, 3.05) is 5.73 Å². The van der Waals surface area contributed by atoms with Crippen LogP contribution in [0.25, 0.3) is 10.9 Å². The van der Waals surface area contributed by atoms with Crippen LogP contribution in [0.15, 0.2) is 12.3 Å². The second-order valence-electron chi connectivity index (χ2n) is 2.98. The van der Waals surface area contributed by atoms with Crippen molar-refractivity contribution < 1.29 is 0 Å². The average Bonchev–Trinajstić information content (AvgIpc) is 2.06. The molecule has 2 aromatic heterocycles. The lowest BCUT2D eigenvalue weighted by atomic mass is 10.2. The molecule has 0 aliphatic carbocycles. The van der Waals surface area contributed by atoms with E-state index in [0.717, 1.165) is 22.4 Å². The van der Waals surface area contributed by atoms with Gasteiger partial charge < -0.3 is 5.73 Å². The normalized spacial score (nSPS) is 10.6. The number of nitrogens with zero attached hydrogens (tertiary/aromatic N) is 3. The summed E-state index contributed by atoms with van der Waals surface area (Å²) in [6.45, 7) is 3.80. The van der Waals surface area contributed by atoms with Crippen molar-refractivity contribution >= 4 is 16.7 Å². The third-order valence-corrected chi connectivity index (χ3v) is 1.91. The van der Waals surface area contributed by atoms with E-state index in [2.05, 4.69) is 15.0 Å². The van der Waals surface area contributed by atoms with Crippen molar-refractivity contribution in [3.8, 4) is 0 Å². The lowest BCUT2D eigenvalue weighted by Crippen LogP contribution is -1.96. The van der Waals surface area contributed by atoms with Crippen LogP contribution in [-0.4, -0.2) is 15.0 Å². The molecule has 0 saturated heterocycles. The minimum absolute atomic E-state index is 0.503. The number of rotatable bonds is 0. The molecular weight excluding hydrogens is 164 g/mol. The third-order valence-electron chi connectivity index (χ3n) is 1.91. The van der Waals surface area contributed by atoms with Gasteiger partial charge in [0.25, 0.3) is 0 Å². The van der Waals surface area contributed by atoms with Crippen LogP contribution in [0.4, 0.5) is 5.82 Å². The standard InChI is InChI=1S/C9H10N4/c1-5-7-3-9(10)11-4-8(7)13-6(2)12-5/h3-4H,1-2H3,(H2,10,11). The molecule has 4 nitrogen and oxygen atoms in total. The molecule has 2 N–H and O–H groups in total. The minimum Gasteiger partial charge on any atom is -0.384 e. The number of nitrogen functional groups attached to an aromatic ring is 1. The number of pyridine rings is 1. The van der Waals surface area contributed by atoms with Crippen LogP contribution in [-0.2, 0) is 0 Å². The van der Waals surface area contributed by atoms with Crippen LogP contribution in [0.2, 0.25) is 0 Å². The highest BCUT2D eigenvalue weighted by atomic mass is 14.9. The van der Waals surface area contributed by atoms with E-state index >= 15 is 0 Å². The Morgan fingerprint density at radius 3 is 2.77 bits per heavy atom. The van der Waals surface area contributed by atoms with Gasteiger partial charge >= 0.3 is 0 Å². The van der Waals surface area contributed by atoms with Gasteiger partial charge in [-0.3, -0.25) is 0 Å². The van der Waals surface area contributed by atoms with Gasteiger partial charge in [-0.2, -0.15) is 0 Å². The molecule has 2 rings (SSSR count). The molecule has 2 aromatic rings. The van der Waals surface area contributed by atoms with Gasteiger partial charge in [-0.25, -0.2) is 15.0 Å². The van der Waals surface area contributed by atoms with E-state index in [4.69, 9.17) is 5.73 Å². The molecule has 0 amide bonds. The van der Waals surface area contributed by atoms with E-state index in [1.165, 1.54) is 0 Å². The number of aryl methyl sites for hydroxylation is 2. The molecule has 0 aliphatic heterocycles. The topological polar surface area (TPSA) is 64.7 Å². The lowest BCUT2D eigenvalue weighted by molar-refractivity contribution is 1.05. The molecule has 0 radical (unpaired) electrons. The third kappa shape index (κ3) is 1.30. The monoisotopic (exact) mass is 174 g/mol. The Morgan fingerprint density at radius 2 is 2.00 bits per heavy atom. The van der Waals surface area contributed by atoms with Gasteiger partial charge in [0.05, 0.1) is 11.7 Å². The summed E-state index contributed by atoms with van der Waals surface area (Å²) in [5, 5.41) is 0.970. The molecule has 13 heavy (non-hydrogen) atoms. The number of hydrogen-bond donors (Lipinski definition) is 1. The van der Waals surface area contributed by atoms with Crippen LogP contribution in [0, 0.1) is 13.8 Å². The van der Waals surface area contributed by atoms with Crippen molar-refractivity contribution in [3.63, 3.8) is 0 Å². The number of hydrogen-bond acceptors (Lipinski definition) is 4. The molecule has 0 atom stereocenters. The van der Waals surface area contributed by atoms with E-state index in [9.17, 15) is 0 Å². The molecule has 0 bridgehead atoms. The molecule has 0 saturated carbocycles. The molecule has 66 valence electrons. The summed E-state index contributed by atoms with van der Waals surface area (Å²) < 4.78 is 0. The maximum absolute atomic E-state index is 5.56. The van der Waals surface area contributed by atoms with Gasteiger partial charge in [0.1, 0.15) is 11.6 Å². The summed E-state index contributed by atoms with van der Waals surface area (Å²) in [6, 6.07) is 1.80. The molecular formula is C9H10N4. The van der Waals surface area contributed by atoms with Crippen molar-refractivity contribution in [3.05, 3.63) is 23.8 Å². The summed E-state index contributed by atoms with van der Waals surface area (Å²) in [4.78, 5) is 12.5. The summed E-state index contributed by atoms with van der Waals surface area (Å²) in [5.74, 6) is 1.26. The first-order chi connectivity index (χ1) is 6.16. The lowest BCUT2D eigenvalue weighted by Gasteiger charge is -2.02. The average molecular weight is 174 g/mol. The Labute approximate surface area is 75.8 Å². The van der Waals surface area contributed by atoms with Crippen molar-refractivity contribution in [1.29, 1.82) is 0 Å². The van der Waals surface area contributed by atoms with Gasteiger partial charge in [-0.15, -0.1) is 0 Å². The SMILES string of the molecule is Cc1nc(C)c2cc(N)ncc2n1. The molecule has 0 fully saturated rings. The Balaban J connectivity index is 2.87. The Hall–Kier alpha value is -1.71. The Bertz CT molecular complexity index is 464. The second kappa shape index (κ2) is 2.65. The first-order valence-corrected chi connectivity index (χ1v) is 4.03. The maximum Gasteiger partial charge on any atom is 0.126 e. The molecule has 4 heteroatoms. The molecule has 0 aromatic carbocycles. The number of nitrogens with two attached hydrogens (primary N) is 1. The smallest absolute Gasteiger partial charge is 0.126 e. The Morgan fingerprint density at radius 1 is 1.23 bits per heavy atom. The highest BCUT2D eigenvalue weighted by Gasteiger charge is 2.01. The Kier molecular flexibility index (Phi) is 1.62. The molecule has 0 unspecified atom stereocenters. The van der Waals surface area contributed by atoms with Crippen molar-refractivity contribution in [2.24, 2.45) is 0 Å². The van der Waals surface area contributed by atoms with Gasteiger partial charge in [0.2, 0.25) is 0 Å². The van der Waals surface area contributed by atoms with Crippen LogP contribution in [0.5, 0.6) is 0 Å². The van der Waals surface area contributed by atoms with Crippen molar-refractivity contribution in [1.82, 2.24) is 15.0 Å². The molecule has 2 heterocycles. The second-order valence-corrected chi connectivity index (χ2v) is 2.98. The van der Waals surface area contributed by atoms with Gasteiger partial charge in [-0.1, -0.05) is 0 Å². The minimum atomic E-state index is 0.503. The first kappa shape index (κ1) is 7.91. The van der Waals surface area contributed by atoms with Gasteiger partial charge in [-0.05, 0) is 19.9 Å².